The molecule has 0 spiro atoms. The molecule has 0 atom stereocenters. The van der Waals surface area contributed by atoms with Gasteiger partial charge in [0.1, 0.15) is 5.82 Å². The van der Waals surface area contributed by atoms with Gasteiger partial charge >= 0.3 is 6.09 Å². The summed E-state index contributed by atoms with van der Waals surface area (Å²) in [6.45, 7) is 4.38. The molecule has 0 radical (unpaired) electrons. The van der Waals surface area contributed by atoms with Crippen LogP contribution in [0.3, 0.4) is 0 Å². The summed E-state index contributed by atoms with van der Waals surface area (Å²) in [5.74, 6) is 0.555. The molecule has 0 saturated heterocycles. The summed E-state index contributed by atoms with van der Waals surface area (Å²) in [4.78, 5) is 15.3. The Hall–Kier alpha value is -1.58. The second-order valence-corrected chi connectivity index (χ2v) is 3.28. The van der Waals surface area contributed by atoms with Crippen LogP contribution in [0.5, 0.6) is 0 Å². The number of nitrogens with one attached hydrogen (secondary N) is 1. The van der Waals surface area contributed by atoms with Crippen LogP contribution in [0.15, 0.2) is 18.3 Å². The van der Waals surface area contributed by atoms with Gasteiger partial charge in [0.05, 0.1) is 6.61 Å². The number of aryl methyl sites for hydroxylation is 1. The van der Waals surface area contributed by atoms with Gasteiger partial charge in [0.2, 0.25) is 0 Å². The zero-order valence-electron chi connectivity index (χ0n) is 9.12. The van der Waals surface area contributed by atoms with E-state index >= 15 is 0 Å². The normalized spacial score (nSPS) is 9.73. The third kappa shape index (κ3) is 3.97. The van der Waals surface area contributed by atoms with E-state index in [1.54, 1.807) is 6.20 Å². The third-order valence-electron chi connectivity index (χ3n) is 1.96. The molecule has 0 bridgehead atoms. The van der Waals surface area contributed by atoms with Crippen molar-refractivity contribution < 1.29 is 9.53 Å². The maximum Gasteiger partial charge on any atom is 0.412 e. The van der Waals surface area contributed by atoms with Crippen LogP contribution in [0.2, 0.25) is 0 Å². The van der Waals surface area contributed by atoms with Crippen molar-refractivity contribution in [3.8, 4) is 0 Å². The average Bonchev–Trinajstić information content (AvgIpc) is 2.22. The van der Waals surface area contributed by atoms with Gasteiger partial charge < -0.3 is 4.74 Å². The van der Waals surface area contributed by atoms with E-state index in [0.29, 0.717) is 12.4 Å². The first-order valence-electron chi connectivity index (χ1n) is 5.09. The largest absolute Gasteiger partial charge is 0.449 e. The maximum atomic E-state index is 11.3. The number of nitrogens with zero attached hydrogens (tertiary/aromatic N) is 1. The first-order chi connectivity index (χ1) is 7.24. The summed E-state index contributed by atoms with van der Waals surface area (Å²) in [5, 5.41) is 2.60. The number of unbranched alkanes of at least 4 members (excludes halogenated alkanes) is 1. The summed E-state index contributed by atoms with van der Waals surface area (Å²) in [6.07, 6.45) is 3.09. The molecule has 0 fully saturated rings. The fraction of sp³-hybridized carbons (Fsp3) is 0.455. The number of anilines is 1. The Morgan fingerprint density at radius 2 is 2.40 bits per heavy atom. The molecule has 0 aliphatic carbocycles. The van der Waals surface area contributed by atoms with Crippen molar-refractivity contribution in [1.82, 2.24) is 4.98 Å². The van der Waals surface area contributed by atoms with Crippen molar-refractivity contribution in [3.63, 3.8) is 0 Å². The molecule has 1 aromatic heterocycles. The molecular formula is C11H16N2O2. The number of rotatable bonds is 4. The Balaban J connectivity index is 2.41. The third-order valence-corrected chi connectivity index (χ3v) is 1.96. The molecule has 0 saturated carbocycles. The van der Waals surface area contributed by atoms with Crippen LogP contribution < -0.4 is 5.32 Å². The molecule has 1 aromatic rings. The lowest BCUT2D eigenvalue weighted by Crippen LogP contribution is -2.15. The summed E-state index contributed by atoms with van der Waals surface area (Å²) < 4.78 is 4.95. The van der Waals surface area contributed by atoms with E-state index in [2.05, 4.69) is 10.3 Å². The van der Waals surface area contributed by atoms with Crippen LogP contribution in [-0.4, -0.2) is 17.7 Å². The number of aromatic nitrogens is 1. The van der Waals surface area contributed by atoms with E-state index in [1.807, 2.05) is 26.0 Å². The van der Waals surface area contributed by atoms with Crippen LogP contribution in [-0.2, 0) is 4.74 Å². The quantitative estimate of drug-likeness (QED) is 0.774. The number of carbonyl (C=O) groups is 1. The molecule has 0 unspecified atom stereocenters. The zero-order valence-corrected chi connectivity index (χ0v) is 9.12. The van der Waals surface area contributed by atoms with Crippen molar-refractivity contribution in [2.75, 3.05) is 11.9 Å². The molecular weight excluding hydrogens is 192 g/mol. The van der Waals surface area contributed by atoms with Crippen molar-refractivity contribution in [3.05, 3.63) is 23.9 Å². The van der Waals surface area contributed by atoms with Gasteiger partial charge in [-0.1, -0.05) is 19.4 Å². The molecule has 1 amide bonds. The predicted molar refractivity (Wildman–Crippen MR) is 58.9 cm³/mol. The van der Waals surface area contributed by atoms with E-state index in [1.165, 1.54) is 0 Å². The minimum atomic E-state index is -0.440. The number of hydrogen-bond donors (Lipinski definition) is 1. The number of pyridine rings is 1. The number of hydrogen-bond acceptors (Lipinski definition) is 3. The van der Waals surface area contributed by atoms with Crippen LogP contribution in [0, 0.1) is 6.92 Å². The topological polar surface area (TPSA) is 51.2 Å². The van der Waals surface area contributed by atoms with E-state index in [-0.39, 0.29) is 0 Å². The van der Waals surface area contributed by atoms with E-state index in [4.69, 9.17) is 4.74 Å². The highest BCUT2D eigenvalue weighted by atomic mass is 16.5. The first-order valence-corrected chi connectivity index (χ1v) is 5.09. The number of amides is 1. The first kappa shape index (κ1) is 11.5. The van der Waals surface area contributed by atoms with Crippen molar-refractivity contribution >= 4 is 11.9 Å². The van der Waals surface area contributed by atoms with E-state index < -0.39 is 6.09 Å². The lowest BCUT2D eigenvalue weighted by Gasteiger charge is -2.07. The Morgan fingerprint density at radius 1 is 1.60 bits per heavy atom. The monoisotopic (exact) mass is 208 g/mol. The Morgan fingerprint density at radius 3 is 3.07 bits per heavy atom. The lowest BCUT2D eigenvalue weighted by atomic mass is 10.3. The van der Waals surface area contributed by atoms with E-state index in [0.717, 1.165) is 18.4 Å². The summed E-state index contributed by atoms with van der Waals surface area (Å²) in [5.41, 5.74) is 0.921. The highest BCUT2D eigenvalue weighted by Gasteiger charge is 2.05. The van der Waals surface area contributed by atoms with Gasteiger partial charge in [-0.05, 0) is 25.0 Å². The van der Waals surface area contributed by atoms with Gasteiger partial charge in [0.15, 0.2) is 0 Å². The summed E-state index contributed by atoms with van der Waals surface area (Å²) in [6, 6.07) is 3.71. The standard InChI is InChI=1S/C11H16N2O2/c1-3-4-8-15-11(14)13-10-9(2)6-5-7-12-10/h5-7H,3-4,8H2,1-2H3,(H,12,13,14). The van der Waals surface area contributed by atoms with Crippen LogP contribution >= 0.6 is 0 Å². The van der Waals surface area contributed by atoms with Crippen molar-refractivity contribution in [2.24, 2.45) is 0 Å². The van der Waals surface area contributed by atoms with Crippen molar-refractivity contribution in [1.29, 1.82) is 0 Å². The second-order valence-electron chi connectivity index (χ2n) is 3.28. The molecule has 0 aliphatic heterocycles. The molecule has 15 heavy (non-hydrogen) atoms. The maximum absolute atomic E-state index is 11.3. The molecule has 1 heterocycles. The highest BCUT2D eigenvalue weighted by Crippen LogP contribution is 2.09. The van der Waals surface area contributed by atoms with Gasteiger partial charge in [-0.15, -0.1) is 0 Å². The summed E-state index contributed by atoms with van der Waals surface area (Å²) >= 11 is 0. The van der Waals surface area contributed by atoms with Gasteiger partial charge in [-0.25, -0.2) is 9.78 Å². The van der Waals surface area contributed by atoms with Crippen LogP contribution in [0.25, 0.3) is 0 Å². The van der Waals surface area contributed by atoms with Gasteiger partial charge in [0.25, 0.3) is 0 Å². The van der Waals surface area contributed by atoms with Crippen molar-refractivity contribution in [2.45, 2.75) is 26.7 Å². The molecule has 82 valence electrons. The lowest BCUT2D eigenvalue weighted by molar-refractivity contribution is 0.160. The van der Waals surface area contributed by atoms with Gasteiger partial charge in [-0.2, -0.15) is 0 Å². The minimum Gasteiger partial charge on any atom is -0.449 e. The Kier molecular flexibility index (Phi) is 4.60. The van der Waals surface area contributed by atoms with E-state index in [9.17, 15) is 4.79 Å². The molecule has 4 nitrogen and oxygen atoms in total. The highest BCUT2D eigenvalue weighted by molar-refractivity contribution is 5.84. The fourth-order valence-corrected chi connectivity index (χ4v) is 1.06. The Bertz CT molecular complexity index is 326. The molecule has 1 N–H and O–H groups in total. The zero-order chi connectivity index (χ0) is 11.1. The van der Waals surface area contributed by atoms with Crippen LogP contribution in [0.1, 0.15) is 25.3 Å². The molecule has 0 aromatic carbocycles. The van der Waals surface area contributed by atoms with Gasteiger partial charge in [0, 0.05) is 6.20 Å². The Labute approximate surface area is 89.7 Å². The fourth-order valence-electron chi connectivity index (χ4n) is 1.06. The SMILES string of the molecule is CCCCOC(=O)Nc1ncccc1C. The second kappa shape index (κ2) is 6.01. The molecule has 0 aliphatic rings. The van der Waals surface area contributed by atoms with Gasteiger partial charge in [-0.3, -0.25) is 5.32 Å². The summed E-state index contributed by atoms with van der Waals surface area (Å²) in [7, 11) is 0. The van der Waals surface area contributed by atoms with Crippen LogP contribution in [0.4, 0.5) is 10.6 Å². The minimum absolute atomic E-state index is 0.440. The smallest absolute Gasteiger partial charge is 0.412 e. The predicted octanol–water partition coefficient (Wildman–Crippen LogP) is 2.74. The number of ether oxygens (including phenoxy) is 1. The molecule has 1 rings (SSSR count). The number of carbonyl (C=O) groups excluding carboxylic acids is 1. The average molecular weight is 208 g/mol. The molecule has 4 heteroatoms.